The molecule has 3 N–H and O–H groups in total. The Labute approximate surface area is 94.8 Å². The lowest BCUT2D eigenvalue weighted by molar-refractivity contribution is -0.253. The van der Waals surface area contributed by atoms with Crippen molar-refractivity contribution in [1.29, 1.82) is 0 Å². The lowest BCUT2D eigenvalue weighted by Gasteiger charge is -2.18. The molecule has 0 unspecified atom stereocenters. The van der Waals surface area contributed by atoms with Gasteiger partial charge in [-0.05, 0) is 17.7 Å². The van der Waals surface area contributed by atoms with Crippen LogP contribution in [0.3, 0.4) is 0 Å². The number of halogens is 4. The van der Waals surface area contributed by atoms with Crippen molar-refractivity contribution in [3.63, 3.8) is 0 Å². The predicted octanol–water partition coefficient (Wildman–Crippen LogP) is 1.92. The van der Waals surface area contributed by atoms with Crippen LogP contribution in [-0.4, -0.2) is 24.2 Å². The third kappa shape index (κ3) is 3.57. The van der Waals surface area contributed by atoms with E-state index in [0.717, 1.165) is 12.1 Å². The van der Waals surface area contributed by atoms with Gasteiger partial charge in [-0.1, -0.05) is 12.1 Å². The van der Waals surface area contributed by atoms with E-state index in [1.165, 1.54) is 12.1 Å². The second-order valence-corrected chi connectivity index (χ2v) is 3.33. The molecule has 1 aromatic carbocycles. The quantitative estimate of drug-likeness (QED) is 0.788. The molecule has 0 spiro atoms. The van der Waals surface area contributed by atoms with Crippen molar-refractivity contribution >= 4 is 0 Å². The fraction of sp³-hybridized carbons (Fsp3) is 0.400. The number of hydrogen-bond acceptors (Lipinski definition) is 3. The Hall–Kier alpha value is -1.34. The number of rotatable bonds is 5. The number of benzene rings is 1. The van der Waals surface area contributed by atoms with Crippen molar-refractivity contribution in [2.75, 3.05) is 6.61 Å². The summed E-state index contributed by atoms with van der Waals surface area (Å²) in [6, 6.07) is 4.19. The van der Waals surface area contributed by atoms with Crippen LogP contribution in [0.4, 0.5) is 17.6 Å². The number of aliphatic hydroxyl groups is 1. The first kappa shape index (κ1) is 13.7. The first-order valence-electron chi connectivity index (χ1n) is 4.68. The molecule has 0 aliphatic heterocycles. The second-order valence-electron chi connectivity index (χ2n) is 3.33. The van der Waals surface area contributed by atoms with E-state index in [0.29, 0.717) is 5.56 Å². The third-order valence-corrected chi connectivity index (χ3v) is 1.99. The van der Waals surface area contributed by atoms with Crippen molar-refractivity contribution in [3.8, 4) is 5.75 Å². The fourth-order valence-electron chi connectivity index (χ4n) is 1.12. The van der Waals surface area contributed by atoms with Gasteiger partial charge in [0.05, 0.1) is 12.6 Å². The summed E-state index contributed by atoms with van der Waals surface area (Å²) in [5.41, 5.74) is 5.76. The molecule has 0 saturated carbocycles. The van der Waals surface area contributed by atoms with Crippen LogP contribution >= 0.6 is 0 Å². The Kier molecular flexibility index (Phi) is 4.30. The maximum atomic E-state index is 12.6. The molecule has 0 aliphatic carbocycles. The number of alkyl halides is 4. The summed E-state index contributed by atoms with van der Waals surface area (Å²) in [6.07, 6.45) is -8.47. The van der Waals surface area contributed by atoms with E-state index in [9.17, 15) is 17.6 Å². The van der Waals surface area contributed by atoms with Gasteiger partial charge >= 0.3 is 12.5 Å². The van der Waals surface area contributed by atoms with Gasteiger partial charge in [0.1, 0.15) is 5.75 Å². The average Bonchev–Trinajstić information content (AvgIpc) is 2.27. The number of nitrogens with two attached hydrogens (primary N) is 1. The highest BCUT2D eigenvalue weighted by Gasteiger charge is 2.43. The summed E-state index contributed by atoms with van der Waals surface area (Å²) in [6.45, 7) is -0.394. The van der Waals surface area contributed by atoms with Crippen molar-refractivity contribution < 1.29 is 27.4 Å². The van der Waals surface area contributed by atoms with Crippen molar-refractivity contribution in [3.05, 3.63) is 29.8 Å². The molecule has 0 aromatic heterocycles. The first-order chi connectivity index (χ1) is 7.86. The van der Waals surface area contributed by atoms with Gasteiger partial charge in [0.25, 0.3) is 0 Å². The van der Waals surface area contributed by atoms with E-state index >= 15 is 0 Å². The fourth-order valence-corrected chi connectivity index (χ4v) is 1.12. The molecule has 0 saturated heterocycles. The van der Waals surface area contributed by atoms with Crippen LogP contribution in [0.2, 0.25) is 0 Å². The lowest BCUT2D eigenvalue weighted by atomic mass is 10.1. The lowest BCUT2D eigenvalue weighted by Crippen LogP contribution is -2.33. The molecule has 1 aromatic rings. The maximum absolute atomic E-state index is 12.6. The highest BCUT2D eigenvalue weighted by molar-refractivity contribution is 5.30. The van der Waals surface area contributed by atoms with E-state index in [-0.39, 0.29) is 0 Å². The predicted molar refractivity (Wildman–Crippen MR) is 52.0 cm³/mol. The zero-order valence-electron chi connectivity index (χ0n) is 8.62. The third-order valence-electron chi connectivity index (χ3n) is 1.99. The molecule has 3 nitrogen and oxygen atoms in total. The van der Waals surface area contributed by atoms with Crippen LogP contribution in [-0.2, 0) is 0 Å². The Morgan fingerprint density at radius 3 is 2.53 bits per heavy atom. The van der Waals surface area contributed by atoms with Gasteiger partial charge in [-0.15, -0.1) is 0 Å². The van der Waals surface area contributed by atoms with E-state index in [1.54, 1.807) is 0 Å². The molecule has 7 heteroatoms. The van der Waals surface area contributed by atoms with Gasteiger partial charge in [-0.3, -0.25) is 0 Å². The van der Waals surface area contributed by atoms with Gasteiger partial charge in [0.15, 0.2) is 0 Å². The minimum atomic E-state index is -4.55. The summed E-state index contributed by atoms with van der Waals surface area (Å²) in [7, 11) is 0. The molecular formula is C10H11F4NO2. The summed E-state index contributed by atoms with van der Waals surface area (Å²) in [4.78, 5) is 0. The van der Waals surface area contributed by atoms with Crippen molar-refractivity contribution in [2.24, 2.45) is 5.73 Å². The Balaban J connectivity index is 2.86. The minimum Gasteiger partial charge on any atom is -0.428 e. The molecule has 96 valence electrons. The molecule has 1 atom stereocenters. The molecule has 0 bridgehead atoms. The topological polar surface area (TPSA) is 55.5 Å². The smallest absolute Gasteiger partial charge is 0.428 e. The summed E-state index contributed by atoms with van der Waals surface area (Å²) in [5.74, 6) is -0.434. The summed E-state index contributed by atoms with van der Waals surface area (Å²) < 4.78 is 52.8. The first-order valence-corrected chi connectivity index (χ1v) is 4.68. The van der Waals surface area contributed by atoms with Gasteiger partial charge in [-0.25, -0.2) is 0 Å². The second kappa shape index (κ2) is 5.33. The number of hydrogen-bond donors (Lipinski definition) is 2. The van der Waals surface area contributed by atoms with Gasteiger partial charge < -0.3 is 15.6 Å². The number of ether oxygens (including phenoxy) is 1. The van der Waals surface area contributed by atoms with E-state index < -0.39 is 30.9 Å². The molecular weight excluding hydrogens is 242 g/mol. The molecule has 0 radical (unpaired) electrons. The van der Waals surface area contributed by atoms with Crippen molar-refractivity contribution in [2.45, 2.75) is 18.6 Å². The molecule has 0 aliphatic rings. The summed E-state index contributed by atoms with van der Waals surface area (Å²) >= 11 is 0. The largest absolute Gasteiger partial charge is 0.461 e. The van der Waals surface area contributed by atoms with Crippen LogP contribution in [0, 0.1) is 0 Å². The van der Waals surface area contributed by atoms with Gasteiger partial charge in [0.2, 0.25) is 0 Å². The number of aliphatic hydroxyl groups excluding tert-OH is 1. The van der Waals surface area contributed by atoms with E-state index in [1.807, 2.05) is 0 Å². The molecule has 17 heavy (non-hydrogen) atoms. The van der Waals surface area contributed by atoms with Crippen LogP contribution in [0.15, 0.2) is 24.3 Å². The minimum absolute atomic E-state index is 0.315. The van der Waals surface area contributed by atoms with E-state index in [4.69, 9.17) is 10.8 Å². The average molecular weight is 253 g/mol. The van der Waals surface area contributed by atoms with Crippen LogP contribution in [0.5, 0.6) is 5.75 Å². The molecule has 0 amide bonds. The molecule has 0 fully saturated rings. The van der Waals surface area contributed by atoms with Gasteiger partial charge in [-0.2, -0.15) is 17.6 Å². The zero-order chi connectivity index (χ0) is 13.1. The normalized spacial score (nSPS) is 13.8. The zero-order valence-corrected chi connectivity index (χ0v) is 8.62. The summed E-state index contributed by atoms with van der Waals surface area (Å²) in [5, 5.41) is 8.77. The van der Waals surface area contributed by atoms with Crippen molar-refractivity contribution in [1.82, 2.24) is 0 Å². The Bertz CT molecular complexity index is 373. The standard InChI is InChI=1S/C10H11F4NO2/c11-9(12)10(13,14)17-7-3-1-2-6(4-7)8(15)5-16/h1-4,8-9,16H,5,15H2/t8-/m0/s1. The highest BCUT2D eigenvalue weighted by atomic mass is 19.3. The van der Waals surface area contributed by atoms with Crippen LogP contribution in [0.25, 0.3) is 0 Å². The Morgan fingerprint density at radius 2 is 2.00 bits per heavy atom. The SMILES string of the molecule is N[C@@H](CO)c1cccc(OC(F)(F)C(F)F)c1. The van der Waals surface area contributed by atoms with Crippen LogP contribution in [0.1, 0.15) is 11.6 Å². The van der Waals surface area contributed by atoms with E-state index in [2.05, 4.69) is 4.74 Å². The van der Waals surface area contributed by atoms with Crippen LogP contribution < -0.4 is 10.5 Å². The van der Waals surface area contributed by atoms with Gasteiger partial charge in [0, 0.05) is 0 Å². The Morgan fingerprint density at radius 1 is 1.35 bits per heavy atom. The monoisotopic (exact) mass is 253 g/mol. The molecule has 0 heterocycles. The molecule has 1 rings (SSSR count). The highest BCUT2D eigenvalue weighted by Crippen LogP contribution is 2.28. The maximum Gasteiger partial charge on any atom is 0.461 e.